The van der Waals surface area contributed by atoms with Crippen LogP contribution in [0.4, 0.5) is 5.13 Å². The molecule has 1 aromatic heterocycles. The summed E-state index contributed by atoms with van der Waals surface area (Å²) in [6.07, 6.45) is 6.13. The summed E-state index contributed by atoms with van der Waals surface area (Å²) in [5.74, 6) is -0.873. The molecule has 0 bridgehead atoms. The van der Waals surface area contributed by atoms with Crippen LogP contribution in [0.1, 0.15) is 58.1 Å². The highest BCUT2D eigenvalue weighted by atomic mass is 32.1. The fourth-order valence-corrected chi connectivity index (χ4v) is 4.82. The molecule has 1 aliphatic carbocycles. The first-order valence-corrected chi connectivity index (χ1v) is 11.3. The van der Waals surface area contributed by atoms with Crippen molar-refractivity contribution in [1.29, 1.82) is 0 Å². The van der Waals surface area contributed by atoms with Crippen LogP contribution in [-0.4, -0.2) is 57.5 Å². The van der Waals surface area contributed by atoms with Crippen molar-refractivity contribution < 1.29 is 19.6 Å². The van der Waals surface area contributed by atoms with Crippen LogP contribution in [0.3, 0.4) is 0 Å². The molecule has 0 unspecified atom stereocenters. The van der Waals surface area contributed by atoms with Crippen molar-refractivity contribution >= 4 is 34.7 Å². The second-order valence-corrected chi connectivity index (χ2v) is 9.10. The third kappa shape index (κ3) is 5.14. The van der Waals surface area contributed by atoms with Crippen molar-refractivity contribution in [1.82, 2.24) is 14.9 Å². The molecule has 2 heterocycles. The summed E-state index contributed by atoms with van der Waals surface area (Å²) < 4.78 is 0. The molecule has 1 spiro atoms. The van der Waals surface area contributed by atoms with Crippen LogP contribution in [0.5, 0.6) is 0 Å². The number of hydrogen-bond acceptors (Lipinski definition) is 6. The van der Waals surface area contributed by atoms with Gasteiger partial charge in [0.2, 0.25) is 18.2 Å². The zero-order valence-corrected chi connectivity index (χ0v) is 17.9. The first-order valence-electron chi connectivity index (χ1n) is 10.4. The van der Waals surface area contributed by atoms with E-state index in [9.17, 15) is 19.6 Å². The van der Waals surface area contributed by atoms with Crippen LogP contribution in [-0.2, 0) is 20.8 Å². The number of hydroxylamine groups is 2. The molecular weight excluding hydrogens is 392 g/mol. The number of likely N-dealkylation sites (tertiary alicyclic amines) is 1. The Balaban J connectivity index is 1.73. The Morgan fingerprint density at radius 3 is 2.83 bits per heavy atom. The molecule has 9 heteroatoms. The monoisotopic (exact) mass is 422 g/mol. The summed E-state index contributed by atoms with van der Waals surface area (Å²) in [6.45, 7) is 4.56. The Morgan fingerprint density at radius 1 is 1.48 bits per heavy atom. The van der Waals surface area contributed by atoms with Gasteiger partial charge in [0.1, 0.15) is 6.04 Å². The largest absolute Gasteiger partial charge is 0.330 e. The van der Waals surface area contributed by atoms with Crippen molar-refractivity contribution in [3.8, 4) is 0 Å². The summed E-state index contributed by atoms with van der Waals surface area (Å²) in [6, 6.07) is -0.536. The van der Waals surface area contributed by atoms with Gasteiger partial charge in [-0.2, -0.15) is 0 Å². The quantitative estimate of drug-likeness (QED) is 0.343. The highest BCUT2D eigenvalue weighted by Gasteiger charge is 2.55. The number of thiazole rings is 1. The summed E-state index contributed by atoms with van der Waals surface area (Å²) >= 11 is 1.39. The van der Waals surface area contributed by atoms with E-state index < -0.39 is 12.0 Å². The van der Waals surface area contributed by atoms with Crippen LogP contribution >= 0.6 is 11.3 Å². The average Bonchev–Trinajstić information content (AvgIpc) is 3.14. The van der Waals surface area contributed by atoms with Crippen molar-refractivity contribution in [3.05, 3.63) is 11.1 Å². The Morgan fingerprint density at radius 2 is 2.24 bits per heavy atom. The Labute approximate surface area is 175 Å². The zero-order valence-electron chi connectivity index (χ0n) is 17.1. The lowest BCUT2D eigenvalue weighted by Gasteiger charge is -2.29. The van der Waals surface area contributed by atoms with Gasteiger partial charge in [-0.1, -0.05) is 26.7 Å². The molecule has 1 aromatic rings. The molecule has 3 amide bonds. The molecule has 160 valence electrons. The number of hydrogen-bond donors (Lipinski definition) is 2. The smallest absolute Gasteiger partial charge is 0.248 e. The maximum Gasteiger partial charge on any atom is 0.248 e. The first kappa shape index (κ1) is 21.7. The Bertz CT molecular complexity index is 749. The maximum atomic E-state index is 13.3. The van der Waals surface area contributed by atoms with E-state index in [2.05, 4.69) is 10.3 Å². The third-order valence-electron chi connectivity index (χ3n) is 5.98. The molecule has 2 aliphatic rings. The number of rotatable bonds is 10. The highest BCUT2D eigenvalue weighted by molar-refractivity contribution is 7.13. The van der Waals surface area contributed by atoms with E-state index in [1.165, 1.54) is 11.3 Å². The van der Waals surface area contributed by atoms with E-state index in [0.717, 1.165) is 37.8 Å². The predicted molar refractivity (Wildman–Crippen MR) is 109 cm³/mol. The number of aryl methyl sites for hydroxylation is 1. The van der Waals surface area contributed by atoms with Gasteiger partial charge >= 0.3 is 0 Å². The van der Waals surface area contributed by atoms with Crippen molar-refractivity contribution in [3.63, 3.8) is 0 Å². The predicted octanol–water partition coefficient (Wildman–Crippen LogP) is 2.68. The topological polar surface area (TPSA) is 103 Å². The van der Waals surface area contributed by atoms with Crippen LogP contribution in [0, 0.1) is 11.3 Å². The van der Waals surface area contributed by atoms with Crippen LogP contribution < -0.4 is 5.32 Å². The lowest BCUT2D eigenvalue weighted by molar-refractivity contribution is -0.157. The van der Waals surface area contributed by atoms with Crippen LogP contribution in [0.15, 0.2) is 5.38 Å². The molecule has 2 fully saturated rings. The minimum Gasteiger partial charge on any atom is -0.330 e. The second-order valence-electron chi connectivity index (χ2n) is 8.24. The lowest BCUT2D eigenvalue weighted by Crippen LogP contribution is -2.47. The molecule has 29 heavy (non-hydrogen) atoms. The lowest BCUT2D eigenvalue weighted by atomic mass is 9.99. The average molecular weight is 423 g/mol. The number of nitrogens with zero attached hydrogens (tertiary/aromatic N) is 3. The Kier molecular flexibility index (Phi) is 6.89. The van der Waals surface area contributed by atoms with Gasteiger partial charge in [0, 0.05) is 11.9 Å². The minimum atomic E-state index is -0.536. The van der Waals surface area contributed by atoms with Gasteiger partial charge in [0.05, 0.1) is 18.2 Å². The van der Waals surface area contributed by atoms with Gasteiger partial charge in [0.25, 0.3) is 0 Å². The van der Waals surface area contributed by atoms with E-state index >= 15 is 0 Å². The van der Waals surface area contributed by atoms with Gasteiger partial charge < -0.3 is 10.2 Å². The highest BCUT2D eigenvalue weighted by Crippen LogP contribution is 2.55. The van der Waals surface area contributed by atoms with Crippen LogP contribution in [0.25, 0.3) is 0 Å². The minimum absolute atomic E-state index is 0.0491. The summed E-state index contributed by atoms with van der Waals surface area (Å²) in [5, 5.41) is 15.5. The van der Waals surface area contributed by atoms with Crippen molar-refractivity contribution in [2.75, 3.05) is 18.4 Å². The number of nitrogens with one attached hydrogen (secondary N) is 1. The fourth-order valence-electron chi connectivity index (χ4n) is 4.02. The van der Waals surface area contributed by atoms with E-state index in [-0.39, 0.29) is 23.8 Å². The molecule has 0 aromatic carbocycles. The number of anilines is 1. The van der Waals surface area contributed by atoms with Gasteiger partial charge in [-0.3, -0.25) is 19.6 Å². The number of carbonyl (C=O) groups excluding carboxylic acids is 3. The normalized spacial score (nSPS) is 20.5. The van der Waals surface area contributed by atoms with Crippen LogP contribution in [0.2, 0.25) is 0 Å². The molecule has 8 nitrogen and oxygen atoms in total. The molecule has 0 radical (unpaired) electrons. The van der Waals surface area contributed by atoms with Gasteiger partial charge in [-0.25, -0.2) is 10.0 Å². The second kappa shape index (κ2) is 9.21. The van der Waals surface area contributed by atoms with Gasteiger partial charge in [-0.15, -0.1) is 11.3 Å². The number of amides is 3. The van der Waals surface area contributed by atoms with E-state index in [1.807, 2.05) is 19.2 Å². The van der Waals surface area contributed by atoms with E-state index in [0.29, 0.717) is 36.0 Å². The molecule has 3 rings (SSSR count). The summed E-state index contributed by atoms with van der Waals surface area (Å²) in [5.41, 5.74) is 0.980. The zero-order chi connectivity index (χ0) is 21.0. The third-order valence-corrected chi connectivity index (χ3v) is 6.79. The maximum absolute atomic E-state index is 13.3. The fraction of sp³-hybridized carbons (Fsp3) is 0.700. The molecule has 1 aliphatic heterocycles. The van der Waals surface area contributed by atoms with Crippen molar-refractivity contribution in [2.24, 2.45) is 11.3 Å². The molecular formula is C20H30N4O4S. The number of aromatic nitrogens is 1. The van der Waals surface area contributed by atoms with Gasteiger partial charge in [-0.05, 0) is 37.5 Å². The van der Waals surface area contributed by atoms with E-state index in [4.69, 9.17) is 0 Å². The van der Waals surface area contributed by atoms with Gasteiger partial charge in [0.15, 0.2) is 5.13 Å². The number of carbonyl (C=O) groups is 3. The molecule has 1 saturated heterocycles. The first-order chi connectivity index (χ1) is 13.9. The van der Waals surface area contributed by atoms with Crippen molar-refractivity contribution in [2.45, 2.75) is 64.8 Å². The molecule has 2 N–H and O–H groups in total. The summed E-state index contributed by atoms with van der Waals surface area (Å²) in [4.78, 5) is 43.2. The number of unbranched alkanes of at least 4 members (excludes halogenated alkanes) is 1. The molecule has 2 atom stereocenters. The molecule has 1 saturated carbocycles. The Hall–Kier alpha value is -2.00. The van der Waals surface area contributed by atoms with E-state index in [1.54, 1.807) is 4.90 Å². The standard InChI is InChI=1S/C20H30N4O4S/c1-3-5-6-14(10-23(28)13-25)18(27)24-12-20(7-8-20)9-16(24)17(26)22-19-21-15(4-2)11-29-19/h11,13-14,16,28H,3-10,12H2,1-2H3,(H,21,22,26)/t14-,16+/m1/s1. The summed E-state index contributed by atoms with van der Waals surface area (Å²) in [7, 11) is 0. The SMILES string of the molecule is CCCC[C@H](CN(O)C=O)C(=O)N1CC2(CC2)C[C@H]1C(=O)Nc1nc(CC)cs1.